The second kappa shape index (κ2) is 5.63. The van der Waals surface area contributed by atoms with Gasteiger partial charge in [-0.1, -0.05) is 6.58 Å². The maximum atomic E-state index is 11.7. The third-order valence-corrected chi connectivity index (χ3v) is 2.83. The van der Waals surface area contributed by atoms with Gasteiger partial charge in [-0.25, -0.2) is 0 Å². The van der Waals surface area contributed by atoms with Crippen molar-refractivity contribution in [3.63, 3.8) is 0 Å². The fourth-order valence-corrected chi connectivity index (χ4v) is 2.49. The Hall–Kier alpha value is -0.390. The van der Waals surface area contributed by atoms with Gasteiger partial charge in [0.15, 0.2) is 0 Å². The number of halogens is 2. The first kappa shape index (κ1) is 12.7. The second-order valence-corrected chi connectivity index (χ2v) is 4.99. The topological polar surface area (TPSA) is 34.0 Å². The molecule has 0 atom stereocenters. The predicted molar refractivity (Wildman–Crippen MR) is 69.2 cm³/mol. The van der Waals surface area contributed by atoms with Crippen molar-refractivity contribution in [3.8, 4) is 0 Å². The van der Waals surface area contributed by atoms with Gasteiger partial charge in [0.1, 0.15) is 0 Å². The third-order valence-electron chi connectivity index (χ3n) is 1.83. The minimum absolute atomic E-state index is 0.0459. The molecule has 1 heterocycles. The smallest absolute Gasteiger partial charge is 0.265 e. The Morgan fingerprint density at radius 3 is 2.87 bits per heavy atom. The molecule has 0 saturated heterocycles. The molecule has 0 spiro atoms. The summed E-state index contributed by atoms with van der Waals surface area (Å²) in [6.07, 6.45) is 1.76. The van der Waals surface area contributed by atoms with E-state index >= 15 is 0 Å². The Bertz CT molecular complexity index is 426. The Labute approximate surface area is 105 Å². The van der Waals surface area contributed by atoms with Crippen molar-refractivity contribution in [3.05, 3.63) is 43.7 Å². The number of nitrogens with one attached hydrogen (secondary N) is 1. The lowest BCUT2D eigenvalue weighted by molar-refractivity contribution is 0.706. The Morgan fingerprint density at radius 1 is 1.60 bits per heavy atom. The number of rotatable bonds is 4. The molecule has 1 rings (SSSR count). The van der Waals surface area contributed by atoms with E-state index in [1.165, 1.54) is 0 Å². The lowest BCUT2D eigenvalue weighted by Crippen LogP contribution is -2.23. The van der Waals surface area contributed by atoms with Crippen LogP contribution in [0.2, 0.25) is 0 Å². The Balaban J connectivity index is 2.95. The van der Waals surface area contributed by atoms with Crippen LogP contribution in [0.25, 0.3) is 0 Å². The zero-order valence-electron chi connectivity index (χ0n) is 8.39. The first-order valence-electron chi connectivity index (χ1n) is 4.41. The summed E-state index contributed by atoms with van der Waals surface area (Å²) in [5.74, 6) is 0. The zero-order valence-corrected chi connectivity index (χ0v) is 11.6. The molecule has 0 bridgehead atoms. The van der Waals surface area contributed by atoms with E-state index in [9.17, 15) is 4.79 Å². The van der Waals surface area contributed by atoms with E-state index in [2.05, 4.69) is 43.8 Å². The molecule has 0 unspecified atom stereocenters. The number of likely N-dealkylation sites (N-methyl/N-ethyl adjacent to an activating group) is 1. The molecule has 0 aliphatic carbocycles. The Morgan fingerprint density at radius 2 is 2.27 bits per heavy atom. The van der Waals surface area contributed by atoms with Crippen LogP contribution < -0.4 is 10.9 Å². The van der Waals surface area contributed by atoms with Gasteiger partial charge in [0.05, 0.1) is 4.47 Å². The maximum Gasteiger partial charge on any atom is 0.265 e. The molecule has 0 radical (unpaired) electrons. The third kappa shape index (κ3) is 3.59. The van der Waals surface area contributed by atoms with Crippen LogP contribution in [0.3, 0.4) is 0 Å². The molecule has 0 fully saturated rings. The molecule has 1 aromatic heterocycles. The van der Waals surface area contributed by atoms with Crippen molar-refractivity contribution in [1.82, 2.24) is 9.88 Å². The van der Waals surface area contributed by atoms with Gasteiger partial charge in [-0.15, -0.1) is 0 Å². The lowest BCUT2D eigenvalue weighted by atomic mass is 10.3. The zero-order chi connectivity index (χ0) is 11.4. The highest BCUT2D eigenvalue weighted by atomic mass is 79.9. The van der Waals surface area contributed by atoms with E-state index < -0.39 is 0 Å². The maximum absolute atomic E-state index is 11.7. The second-order valence-electron chi connectivity index (χ2n) is 3.22. The highest BCUT2D eigenvalue weighted by molar-refractivity contribution is 9.11. The van der Waals surface area contributed by atoms with Gasteiger partial charge in [0.2, 0.25) is 0 Å². The van der Waals surface area contributed by atoms with E-state index in [4.69, 9.17) is 0 Å². The number of aromatic nitrogens is 1. The van der Waals surface area contributed by atoms with Gasteiger partial charge in [-0.2, -0.15) is 0 Å². The summed E-state index contributed by atoms with van der Waals surface area (Å²) in [6.45, 7) is 5.12. The van der Waals surface area contributed by atoms with Crippen molar-refractivity contribution in [2.75, 3.05) is 13.6 Å². The average Bonchev–Trinajstić information content (AvgIpc) is 2.13. The summed E-state index contributed by atoms with van der Waals surface area (Å²) in [4.78, 5) is 11.7. The first-order chi connectivity index (χ1) is 7.04. The molecule has 1 N–H and O–H groups in total. The average molecular weight is 336 g/mol. The molecule has 0 amide bonds. The normalized spacial score (nSPS) is 10.3. The molecule has 0 aliphatic rings. The summed E-state index contributed by atoms with van der Waals surface area (Å²) in [5, 5.41) is 3.00. The number of pyridine rings is 1. The number of nitrogens with zero attached hydrogens (tertiary/aromatic N) is 1. The van der Waals surface area contributed by atoms with Gasteiger partial charge < -0.3 is 9.88 Å². The van der Waals surface area contributed by atoms with Gasteiger partial charge in [0.25, 0.3) is 5.56 Å². The van der Waals surface area contributed by atoms with Crippen molar-refractivity contribution in [1.29, 1.82) is 0 Å². The molecule has 0 aromatic carbocycles. The highest BCUT2D eigenvalue weighted by Gasteiger charge is 2.03. The van der Waals surface area contributed by atoms with Gasteiger partial charge in [0, 0.05) is 23.8 Å². The monoisotopic (exact) mass is 334 g/mol. The van der Waals surface area contributed by atoms with Crippen LogP contribution in [0.5, 0.6) is 0 Å². The van der Waals surface area contributed by atoms with Crippen molar-refractivity contribution in [2.45, 2.75) is 6.54 Å². The van der Waals surface area contributed by atoms with Crippen molar-refractivity contribution < 1.29 is 0 Å². The largest absolute Gasteiger partial charge is 0.316 e. The lowest BCUT2D eigenvalue weighted by Gasteiger charge is -2.09. The van der Waals surface area contributed by atoms with E-state index in [1.54, 1.807) is 16.8 Å². The number of hydrogen-bond acceptors (Lipinski definition) is 2. The molecular weight excluding hydrogens is 324 g/mol. The van der Waals surface area contributed by atoms with Gasteiger partial charge in [-0.3, -0.25) is 4.79 Å². The van der Waals surface area contributed by atoms with Crippen molar-refractivity contribution >= 4 is 31.9 Å². The van der Waals surface area contributed by atoms with E-state index in [-0.39, 0.29) is 5.56 Å². The van der Waals surface area contributed by atoms with E-state index in [1.807, 2.05) is 7.05 Å². The fourth-order valence-electron chi connectivity index (χ4n) is 1.23. The SMILES string of the molecule is C=C(CNC)Cn1cc(Br)cc(Br)c1=O. The van der Waals surface area contributed by atoms with E-state index in [0.29, 0.717) is 17.6 Å². The van der Waals surface area contributed by atoms with E-state index in [0.717, 1.165) is 10.0 Å². The predicted octanol–water partition coefficient (Wildman–Crippen LogP) is 2.15. The summed E-state index contributed by atoms with van der Waals surface area (Å²) in [6, 6.07) is 1.74. The standard InChI is InChI=1S/C10H12Br2N2O/c1-7(4-13-2)5-14-6-8(11)3-9(12)10(14)15/h3,6,13H,1,4-5H2,2H3. The van der Waals surface area contributed by atoms with Crippen molar-refractivity contribution in [2.24, 2.45) is 0 Å². The fraction of sp³-hybridized carbons (Fsp3) is 0.300. The number of hydrogen-bond donors (Lipinski definition) is 1. The molecule has 15 heavy (non-hydrogen) atoms. The van der Waals surface area contributed by atoms with Gasteiger partial charge in [-0.05, 0) is 50.5 Å². The summed E-state index contributed by atoms with van der Waals surface area (Å²) in [5.41, 5.74) is 0.917. The minimum atomic E-state index is -0.0459. The minimum Gasteiger partial charge on any atom is -0.316 e. The molecule has 1 aromatic rings. The van der Waals surface area contributed by atoms with Crippen LogP contribution in [0.15, 0.2) is 38.2 Å². The molecular formula is C10H12Br2N2O. The van der Waals surface area contributed by atoms with Gasteiger partial charge >= 0.3 is 0 Å². The van der Waals surface area contributed by atoms with Crippen LogP contribution in [-0.4, -0.2) is 18.2 Å². The first-order valence-corrected chi connectivity index (χ1v) is 6.00. The van der Waals surface area contributed by atoms with Crippen LogP contribution in [0.1, 0.15) is 0 Å². The Kier molecular flexibility index (Phi) is 4.76. The molecule has 0 saturated carbocycles. The molecule has 5 heteroatoms. The summed E-state index contributed by atoms with van der Waals surface area (Å²) >= 11 is 6.56. The highest BCUT2D eigenvalue weighted by Crippen LogP contribution is 2.13. The van der Waals surface area contributed by atoms with Crippen LogP contribution in [-0.2, 0) is 6.54 Å². The van der Waals surface area contributed by atoms with Crippen LogP contribution in [0.4, 0.5) is 0 Å². The summed E-state index contributed by atoms with van der Waals surface area (Å²) in [7, 11) is 1.85. The summed E-state index contributed by atoms with van der Waals surface area (Å²) < 4.78 is 3.04. The van der Waals surface area contributed by atoms with Crippen LogP contribution >= 0.6 is 31.9 Å². The van der Waals surface area contributed by atoms with Crippen LogP contribution in [0, 0.1) is 0 Å². The molecule has 82 valence electrons. The molecule has 0 aliphatic heterocycles. The quantitative estimate of drug-likeness (QED) is 0.855. The molecule has 3 nitrogen and oxygen atoms in total.